The predicted octanol–water partition coefficient (Wildman–Crippen LogP) is 2.10. The van der Waals surface area contributed by atoms with Gasteiger partial charge in [-0.2, -0.15) is 0 Å². The quantitative estimate of drug-likeness (QED) is 0.464. The first-order valence-corrected chi connectivity index (χ1v) is 10.6. The van der Waals surface area contributed by atoms with Gasteiger partial charge < -0.3 is 0 Å². The van der Waals surface area contributed by atoms with Crippen molar-refractivity contribution >= 4 is 42.1 Å². The highest BCUT2D eigenvalue weighted by atomic mass is 79.9. The van der Waals surface area contributed by atoms with Crippen LogP contribution in [0.5, 0.6) is 0 Å². The molecule has 4 rings (SSSR count). The largest absolute Gasteiger partial charge is 0.321 e. The summed E-state index contributed by atoms with van der Waals surface area (Å²) < 4.78 is 26.8. The summed E-state index contributed by atoms with van der Waals surface area (Å²) in [4.78, 5) is 23.5. The maximum atomic E-state index is 12.7. The number of halogens is 1. The summed E-state index contributed by atoms with van der Waals surface area (Å²) in [5.41, 5.74) is -0.234. The van der Waals surface area contributed by atoms with Crippen LogP contribution in [0.25, 0.3) is 16.3 Å². The fourth-order valence-corrected chi connectivity index (χ4v) is 4.57. The summed E-state index contributed by atoms with van der Waals surface area (Å²) in [5.74, 6) is 0.297. The van der Waals surface area contributed by atoms with E-state index in [0.717, 1.165) is 4.47 Å². The van der Waals surface area contributed by atoms with Crippen LogP contribution in [0.4, 0.5) is 0 Å². The van der Waals surface area contributed by atoms with Crippen molar-refractivity contribution in [1.29, 1.82) is 0 Å². The molecule has 0 unspecified atom stereocenters. The molecule has 0 amide bonds. The molecule has 0 bridgehead atoms. The number of nitrogens with one attached hydrogen (secondary N) is 1. The Labute approximate surface area is 164 Å². The van der Waals surface area contributed by atoms with Gasteiger partial charge in [-0.25, -0.2) is 12.9 Å². The topological polar surface area (TPSA) is 114 Å². The van der Waals surface area contributed by atoms with Crippen LogP contribution in [0, 0.1) is 0 Å². The fourth-order valence-electron chi connectivity index (χ4n) is 2.43. The molecule has 0 radical (unpaired) electrons. The van der Waals surface area contributed by atoms with Gasteiger partial charge in [0.1, 0.15) is 0 Å². The smallest absolute Gasteiger partial charge is 0.271 e. The van der Waals surface area contributed by atoms with Crippen LogP contribution >= 0.6 is 27.3 Å². The molecule has 136 valence electrons. The lowest BCUT2D eigenvalue weighted by molar-refractivity contribution is 0.596. The Morgan fingerprint density at radius 1 is 0.926 bits per heavy atom. The molecule has 0 spiro atoms. The lowest BCUT2D eigenvalue weighted by Gasteiger charge is -2.06. The van der Waals surface area contributed by atoms with Crippen LogP contribution in [0.2, 0.25) is 0 Å². The van der Waals surface area contributed by atoms with E-state index in [-0.39, 0.29) is 14.8 Å². The molecule has 1 N–H and O–H groups in total. The van der Waals surface area contributed by atoms with Crippen LogP contribution < -0.4 is 10.3 Å². The number of nitrogens with zero attached hydrogens (tertiary/aromatic N) is 3. The SMILES string of the molecule is O=c1[nH]n2c(-c3ccc(S(=O)(=O)c4ccc(Br)cc4)cc3)nnc2sc1=O. The summed E-state index contributed by atoms with van der Waals surface area (Å²) >= 11 is 3.96. The van der Waals surface area contributed by atoms with Crippen LogP contribution in [0.3, 0.4) is 0 Å². The minimum atomic E-state index is -3.66. The highest BCUT2D eigenvalue weighted by Gasteiger charge is 2.18. The van der Waals surface area contributed by atoms with E-state index in [4.69, 9.17) is 0 Å². The standard InChI is InChI=1S/C16H9BrN4O4S2/c17-10-3-7-12(8-4-10)27(24,25)11-5-1-9(2-6-11)13-18-19-16-21(13)20-14(22)15(23)26-16/h1-8H,(H,20,22). The first kappa shape index (κ1) is 17.8. The second kappa shape index (κ2) is 6.51. The number of aromatic nitrogens is 4. The van der Waals surface area contributed by atoms with Crippen molar-refractivity contribution in [2.75, 3.05) is 0 Å². The molecule has 0 saturated heterocycles. The number of aromatic amines is 1. The minimum absolute atomic E-state index is 0.126. The molecule has 0 saturated carbocycles. The molecular formula is C16H9BrN4O4S2. The average molecular weight is 465 g/mol. The number of H-pyrrole nitrogens is 1. The Bertz CT molecular complexity index is 1370. The fraction of sp³-hybridized carbons (Fsp3) is 0. The van der Waals surface area contributed by atoms with Gasteiger partial charge in [-0.3, -0.25) is 14.7 Å². The molecule has 2 heterocycles. The van der Waals surface area contributed by atoms with Crippen molar-refractivity contribution < 1.29 is 8.42 Å². The Hall–Kier alpha value is -2.63. The molecule has 0 aliphatic rings. The predicted molar refractivity (Wildman–Crippen MR) is 103 cm³/mol. The normalized spacial score (nSPS) is 11.7. The van der Waals surface area contributed by atoms with Crippen molar-refractivity contribution in [2.45, 2.75) is 9.79 Å². The van der Waals surface area contributed by atoms with Gasteiger partial charge in [0.25, 0.3) is 0 Å². The van der Waals surface area contributed by atoms with Gasteiger partial charge in [-0.15, -0.1) is 10.2 Å². The third-order valence-corrected chi connectivity index (χ3v) is 6.89. The van der Waals surface area contributed by atoms with Gasteiger partial charge in [-0.1, -0.05) is 15.9 Å². The Kier molecular flexibility index (Phi) is 4.29. The Balaban J connectivity index is 1.77. The van der Waals surface area contributed by atoms with Gasteiger partial charge in [0.2, 0.25) is 14.8 Å². The number of sulfone groups is 1. The second-order valence-electron chi connectivity index (χ2n) is 5.45. The van der Waals surface area contributed by atoms with Crippen LogP contribution in [-0.4, -0.2) is 28.2 Å². The van der Waals surface area contributed by atoms with Crippen molar-refractivity contribution in [3.8, 4) is 11.4 Å². The molecular weight excluding hydrogens is 456 g/mol. The molecule has 2 aromatic carbocycles. The van der Waals surface area contributed by atoms with Gasteiger partial charge >= 0.3 is 10.3 Å². The summed E-state index contributed by atoms with van der Waals surface area (Å²) in [5, 5.41) is 10.2. The van der Waals surface area contributed by atoms with E-state index in [1.807, 2.05) is 0 Å². The molecule has 4 aromatic rings. The van der Waals surface area contributed by atoms with Gasteiger partial charge in [0.15, 0.2) is 5.82 Å². The number of rotatable bonds is 3. The molecule has 8 nitrogen and oxygen atoms in total. The highest BCUT2D eigenvalue weighted by molar-refractivity contribution is 9.10. The van der Waals surface area contributed by atoms with Crippen molar-refractivity contribution in [2.24, 2.45) is 0 Å². The number of hydrogen-bond acceptors (Lipinski definition) is 7. The zero-order valence-electron chi connectivity index (χ0n) is 13.3. The first-order valence-electron chi connectivity index (χ1n) is 7.46. The highest BCUT2D eigenvalue weighted by Crippen LogP contribution is 2.25. The number of benzene rings is 2. The molecule has 2 aromatic heterocycles. The first-order chi connectivity index (χ1) is 12.9. The van der Waals surface area contributed by atoms with Crippen LogP contribution in [-0.2, 0) is 9.84 Å². The molecule has 0 aliphatic heterocycles. The molecule has 0 aliphatic carbocycles. The minimum Gasteiger partial charge on any atom is -0.271 e. The zero-order chi connectivity index (χ0) is 19.2. The third-order valence-electron chi connectivity index (χ3n) is 3.76. The molecule has 27 heavy (non-hydrogen) atoms. The van der Waals surface area contributed by atoms with Crippen LogP contribution in [0.1, 0.15) is 0 Å². The monoisotopic (exact) mass is 464 g/mol. The summed E-state index contributed by atoms with van der Waals surface area (Å²) in [6.07, 6.45) is 0. The molecule has 11 heteroatoms. The van der Waals surface area contributed by atoms with Crippen molar-refractivity contribution in [1.82, 2.24) is 19.8 Å². The summed E-state index contributed by atoms with van der Waals surface area (Å²) in [6, 6.07) is 12.4. The van der Waals surface area contributed by atoms with Gasteiger partial charge in [0.05, 0.1) is 9.79 Å². The number of fused-ring (bicyclic) bond motifs is 1. The van der Waals surface area contributed by atoms with Crippen LogP contribution in [0.15, 0.2) is 72.4 Å². The van der Waals surface area contributed by atoms with E-state index in [0.29, 0.717) is 22.7 Å². The zero-order valence-corrected chi connectivity index (χ0v) is 16.5. The lowest BCUT2D eigenvalue weighted by Crippen LogP contribution is -2.25. The van der Waals surface area contributed by atoms with E-state index in [1.54, 1.807) is 24.3 Å². The Morgan fingerprint density at radius 3 is 2.15 bits per heavy atom. The third kappa shape index (κ3) is 3.13. The maximum absolute atomic E-state index is 12.7. The van der Waals surface area contributed by atoms with E-state index < -0.39 is 20.1 Å². The summed E-state index contributed by atoms with van der Waals surface area (Å²) in [6.45, 7) is 0. The van der Waals surface area contributed by atoms with Gasteiger partial charge in [0, 0.05) is 10.0 Å². The maximum Gasteiger partial charge on any atom is 0.321 e. The molecule has 0 atom stereocenters. The van der Waals surface area contributed by atoms with Gasteiger partial charge in [-0.05, 0) is 59.9 Å². The van der Waals surface area contributed by atoms with E-state index in [1.165, 1.54) is 28.8 Å². The summed E-state index contributed by atoms with van der Waals surface area (Å²) in [7, 11) is -3.66. The van der Waals surface area contributed by atoms with Crippen molar-refractivity contribution in [3.63, 3.8) is 0 Å². The lowest BCUT2D eigenvalue weighted by atomic mass is 10.2. The Morgan fingerprint density at radius 2 is 1.52 bits per heavy atom. The van der Waals surface area contributed by atoms with Crippen molar-refractivity contribution in [3.05, 3.63) is 72.9 Å². The van der Waals surface area contributed by atoms with E-state index >= 15 is 0 Å². The second-order valence-corrected chi connectivity index (χ2v) is 9.26. The van der Waals surface area contributed by atoms with E-state index in [9.17, 15) is 18.0 Å². The molecule has 0 fully saturated rings. The average Bonchev–Trinajstić information content (AvgIpc) is 3.05. The number of hydrogen-bond donors (Lipinski definition) is 1. The van der Waals surface area contributed by atoms with E-state index in [2.05, 4.69) is 31.2 Å².